The quantitative estimate of drug-likeness (QED) is 0.671. The Balaban J connectivity index is 1.53. The van der Waals surface area contributed by atoms with Crippen LogP contribution in [-0.2, 0) is 17.6 Å². The normalized spacial score (nSPS) is 10.7. The maximum atomic E-state index is 12.2. The third-order valence-corrected chi connectivity index (χ3v) is 4.85. The number of thiophene rings is 1. The molecule has 134 valence electrons. The number of aryl methyl sites for hydroxylation is 2. The average molecular weight is 368 g/mol. The molecule has 0 saturated carbocycles. The highest BCUT2D eigenvalue weighted by molar-refractivity contribution is 7.09. The molecule has 0 bridgehead atoms. The van der Waals surface area contributed by atoms with Crippen LogP contribution < -0.4 is 10.9 Å². The molecule has 0 aliphatic heterocycles. The van der Waals surface area contributed by atoms with Gasteiger partial charge in [-0.05, 0) is 30.9 Å². The lowest BCUT2D eigenvalue weighted by atomic mass is 10.1. The molecular weight excluding hydrogens is 348 g/mol. The van der Waals surface area contributed by atoms with Gasteiger partial charge < -0.3 is 10.3 Å². The standard InChI is InChI=1S/C19H20N4O2S/c1-13-4-2-5-14(12-13)18-21-19(25)16(22-23-18)7-8-17(24)20-10-9-15-6-3-11-26-15/h2-6,11-12H,7-10H2,1H3,(H,20,24)(H,21,23,25). The van der Waals surface area contributed by atoms with Gasteiger partial charge in [0.15, 0.2) is 5.82 Å². The third kappa shape index (κ3) is 4.86. The predicted octanol–water partition coefficient (Wildman–Crippen LogP) is 2.49. The zero-order valence-electron chi connectivity index (χ0n) is 14.5. The summed E-state index contributed by atoms with van der Waals surface area (Å²) in [7, 11) is 0. The molecule has 2 N–H and O–H groups in total. The van der Waals surface area contributed by atoms with Crippen molar-refractivity contribution in [2.75, 3.05) is 6.54 Å². The van der Waals surface area contributed by atoms with Gasteiger partial charge in [-0.1, -0.05) is 29.8 Å². The summed E-state index contributed by atoms with van der Waals surface area (Å²) in [6, 6.07) is 11.7. The number of benzene rings is 1. The summed E-state index contributed by atoms with van der Waals surface area (Å²) in [5.41, 5.74) is 1.86. The maximum Gasteiger partial charge on any atom is 0.273 e. The third-order valence-electron chi connectivity index (χ3n) is 3.92. The van der Waals surface area contributed by atoms with Crippen LogP contribution in [0.15, 0.2) is 46.6 Å². The Labute approximate surface area is 155 Å². The summed E-state index contributed by atoms with van der Waals surface area (Å²) in [5.74, 6) is 0.341. The minimum Gasteiger partial charge on any atom is -0.356 e. The minimum absolute atomic E-state index is 0.0921. The number of carbonyl (C=O) groups excluding carboxylic acids is 1. The highest BCUT2D eigenvalue weighted by Gasteiger charge is 2.09. The number of aromatic amines is 1. The monoisotopic (exact) mass is 368 g/mol. The molecule has 7 heteroatoms. The van der Waals surface area contributed by atoms with Gasteiger partial charge in [-0.15, -0.1) is 21.5 Å². The SMILES string of the molecule is Cc1cccc(-c2nnc(CCC(=O)NCCc3cccs3)c(=O)[nH]2)c1. The van der Waals surface area contributed by atoms with E-state index in [1.807, 2.05) is 48.7 Å². The Bertz CT molecular complexity index is 935. The molecule has 2 heterocycles. The van der Waals surface area contributed by atoms with Crippen LogP contribution in [0.4, 0.5) is 0 Å². The van der Waals surface area contributed by atoms with Crippen LogP contribution in [0.25, 0.3) is 11.4 Å². The molecular formula is C19H20N4O2S. The van der Waals surface area contributed by atoms with Gasteiger partial charge in [0.1, 0.15) is 5.69 Å². The molecule has 0 spiro atoms. The molecule has 1 aromatic carbocycles. The van der Waals surface area contributed by atoms with Crippen LogP contribution >= 0.6 is 11.3 Å². The maximum absolute atomic E-state index is 12.2. The van der Waals surface area contributed by atoms with Crippen molar-refractivity contribution in [2.24, 2.45) is 0 Å². The second-order valence-electron chi connectivity index (χ2n) is 6.00. The zero-order chi connectivity index (χ0) is 18.4. The summed E-state index contributed by atoms with van der Waals surface area (Å²) in [6.07, 6.45) is 1.29. The Morgan fingerprint density at radius 3 is 2.81 bits per heavy atom. The smallest absolute Gasteiger partial charge is 0.273 e. The van der Waals surface area contributed by atoms with Crippen LogP contribution in [0.3, 0.4) is 0 Å². The van der Waals surface area contributed by atoms with E-state index in [0.717, 1.165) is 17.5 Å². The Morgan fingerprint density at radius 1 is 1.19 bits per heavy atom. The molecule has 0 aliphatic rings. The van der Waals surface area contributed by atoms with Crippen molar-refractivity contribution in [3.8, 4) is 11.4 Å². The zero-order valence-corrected chi connectivity index (χ0v) is 15.3. The summed E-state index contributed by atoms with van der Waals surface area (Å²) < 4.78 is 0. The number of rotatable bonds is 7. The summed E-state index contributed by atoms with van der Waals surface area (Å²) in [6.45, 7) is 2.56. The van der Waals surface area contributed by atoms with E-state index >= 15 is 0 Å². The number of H-pyrrole nitrogens is 1. The van der Waals surface area contributed by atoms with Gasteiger partial charge in [-0.2, -0.15) is 0 Å². The van der Waals surface area contributed by atoms with E-state index in [2.05, 4.69) is 20.5 Å². The topological polar surface area (TPSA) is 87.7 Å². The molecule has 6 nitrogen and oxygen atoms in total. The second kappa shape index (κ2) is 8.53. The van der Waals surface area contributed by atoms with Crippen LogP contribution in [0, 0.1) is 6.92 Å². The van der Waals surface area contributed by atoms with Gasteiger partial charge in [-0.25, -0.2) is 0 Å². The minimum atomic E-state index is -0.303. The molecule has 26 heavy (non-hydrogen) atoms. The fraction of sp³-hybridized carbons (Fsp3) is 0.263. The number of nitrogens with zero attached hydrogens (tertiary/aromatic N) is 2. The molecule has 0 unspecified atom stereocenters. The first-order valence-electron chi connectivity index (χ1n) is 8.44. The fourth-order valence-corrected chi connectivity index (χ4v) is 3.26. The number of nitrogens with one attached hydrogen (secondary N) is 2. The van der Waals surface area contributed by atoms with Crippen LogP contribution in [0.1, 0.15) is 22.6 Å². The van der Waals surface area contributed by atoms with Gasteiger partial charge in [0.05, 0.1) is 0 Å². The van der Waals surface area contributed by atoms with Gasteiger partial charge >= 0.3 is 0 Å². The van der Waals surface area contributed by atoms with Crippen LogP contribution in [0.2, 0.25) is 0 Å². The molecule has 0 radical (unpaired) electrons. The van der Waals surface area contributed by atoms with E-state index in [0.29, 0.717) is 12.4 Å². The Hall–Kier alpha value is -2.80. The van der Waals surface area contributed by atoms with E-state index in [4.69, 9.17) is 0 Å². The summed E-state index contributed by atoms with van der Waals surface area (Å²) in [5, 5.41) is 13.0. The van der Waals surface area contributed by atoms with Gasteiger partial charge in [0.2, 0.25) is 5.91 Å². The first kappa shape index (κ1) is 18.0. The largest absolute Gasteiger partial charge is 0.356 e. The Kier molecular flexibility index (Phi) is 5.91. The number of aromatic nitrogens is 3. The van der Waals surface area contributed by atoms with Gasteiger partial charge in [0.25, 0.3) is 5.56 Å². The number of hydrogen-bond acceptors (Lipinski definition) is 5. The van der Waals surface area contributed by atoms with Crippen molar-refractivity contribution in [2.45, 2.75) is 26.2 Å². The van der Waals surface area contributed by atoms with Crippen molar-refractivity contribution in [1.29, 1.82) is 0 Å². The highest BCUT2D eigenvalue weighted by Crippen LogP contribution is 2.14. The first-order chi connectivity index (χ1) is 12.6. The average Bonchev–Trinajstić information content (AvgIpc) is 3.14. The summed E-state index contributed by atoms with van der Waals surface area (Å²) in [4.78, 5) is 28.1. The van der Waals surface area contributed by atoms with E-state index < -0.39 is 0 Å². The molecule has 0 fully saturated rings. The second-order valence-corrected chi connectivity index (χ2v) is 7.03. The number of amides is 1. The highest BCUT2D eigenvalue weighted by atomic mass is 32.1. The molecule has 3 aromatic rings. The van der Waals surface area contributed by atoms with E-state index in [1.165, 1.54) is 4.88 Å². The molecule has 1 amide bonds. The van der Waals surface area contributed by atoms with E-state index in [1.54, 1.807) is 11.3 Å². The molecule has 0 atom stereocenters. The van der Waals surface area contributed by atoms with Crippen LogP contribution in [0.5, 0.6) is 0 Å². The van der Waals surface area contributed by atoms with Crippen molar-refractivity contribution in [1.82, 2.24) is 20.5 Å². The van der Waals surface area contributed by atoms with Crippen molar-refractivity contribution < 1.29 is 4.79 Å². The molecule has 0 saturated heterocycles. The van der Waals surface area contributed by atoms with Crippen LogP contribution in [-0.4, -0.2) is 27.6 Å². The fourth-order valence-electron chi connectivity index (χ4n) is 2.55. The van der Waals surface area contributed by atoms with Gasteiger partial charge in [0, 0.05) is 29.8 Å². The Morgan fingerprint density at radius 2 is 2.08 bits per heavy atom. The van der Waals surface area contributed by atoms with Crippen molar-refractivity contribution in [3.63, 3.8) is 0 Å². The van der Waals surface area contributed by atoms with E-state index in [9.17, 15) is 9.59 Å². The first-order valence-corrected chi connectivity index (χ1v) is 9.32. The lowest BCUT2D eigenvalue weighted by molar-refractivity contribution is -0.121. The lowest BCUT2D eigenvalue weighted by Gasteiger charge is -2.05. The number of carbonyl (C=O) groups is 1. The molecule has 0 aliphatic carbocycles. The van der Waals surface area contributed by atoms with E-state index in [-0.39, 0.29) is 30.0 Å². The van der Waals surface area contributed by atoms with Crippen molar-refractivity contribution >= 4 is 17.2 Å². The molecule has 3 rings (SSSR count). The predicted molar refractivity (Wildman–Crippen MR) is 102 cm³/mol. The van der Waals surface area contributed by atoms with Gasteiger partial charge in [-0.3, -0.25) is 9.59 Å². The van der Waals surface area contributed by atoms with Crippen molar-refractivity contribution in [3.05, 3.63) is 68.3 Å². The molecule has 2 aromatic heterocycles. The number of hydrogen-bond donors (Lipinski definition) is 2. The summed E-state index contributed by atoms with van der Waals surface area (Å²) >= 11 is 1.67. The lowest BCUT2D eigenvalue weighted by Crippen LogP contribution is -2.27.